The predicted molar refractivity (Wildman–Crippen MR) is 127 cm³/mol. The molecular formula is C25H22ClF3N2O6S. The SMILES string of the molecule is N#CC1(C(N)=O)CC1[C@@]1(C(=O)O)C[C@H](S(=O)(=O)c2ccccc2C(F)(F)F)C[C@@H]1OCc1ccc(Cl)cc1. The number of ether oxygens (including phenoxy) is 1. The minimum Gasteiger partial charge on any atom is -0.481 e. The van der Waals surface area contributed by atoms with Gasteiger partial charge in [-0.3, -0.25) is 9.59 Å². The van der Waals surface area contributed by atoms with Crippen LogP contribution in [-0.2, 0) is 36.9 Å². The predicted octanol–water partition coefficient (Wildman–Crippen LogP) is 3.97. The smallest absolute Gasteiger partial charge is 0.417 e. The molecule has 5 atom stereocenters. The lowest BCUT2D eigenvalue weighted by Gasteiger charge is -2.32. The summed E-state index contributed by atoms with van der Waals surface area (Å²) in [6.45, 7) is -0.175. The summed E-state index contributed by atoms with van der Waals surface area (Å²) in [5.74, 6) is -3.78. The minimum atomic E-state index is -4.98. The Hall–Kier alpha value is -3.14. The molecule has 2 aliphatic carbocycles. The van der Waals surface area contributed by atoms with Crippen LogP contribution in [0.25, 0.3) is 0 Å². The number of sulfone groups is 1. The number of nitrogens with zero attached hydrogens (tertiary/aromatic N) is 1. The highest BCUT2D eigenvalue weighted by Gasteiger charge is 2.75. The highest BCUT2D eigenvalue weighted by Crippen LogP contribution is 2.67. The first-order valence-corrected chi connectivity index (χ1v) is 13.3. The number of carboxylic acid groups (broad SMARTS) is 1. The third-order valence-corrected chi connectivity index (χ3v) is 10.00. The van der Waals surface area contributed by atoms with Crippen LogP contribution in [0.15, 0.2) is 53.4 Å². The molecule has 38 heavy (non-hydrogen) atoms. The molecule has 2 unspecified atom stereocenters. The zero-order valence-corrected chi connectivity index (χ0v) is 21.2. The topological polar surface area (TPSA) is 148 Å². The summed E-state index contributed by atoms with van der Waals surface area (Å²) in [6, 6.07) is 11.8. The number of aliphatic carboxylic acids is 1. The van der Waals surface area contributed by atoms with Crippen molar-refractivity contribution in [3.8, 4) is 6.07 Å². The molecule has 1 amide bonds. The van der Waals surface area contributed by atoms with Gasteiger partial charge in [-0.05, 0) is 49.1 Å². The van der Waals surface area contributed by atoms with Gasteiger partial charge >= 0.3 is 12.1 Å². The number of nitriles is 1. The zero-order valence-electron chi connectivity index (χ0n) is 19.6. The Bertz CT molecular complexity index is 1430. The van der Waals surface area contributed by atoms with Crippen molar-refractivity contribution < 1.29 is 41.0 Å². The van der Waals surface area contributed by atoms with Gasteiger partial charge in [0.2, 0.25) is 5.91 Å². The third-order valence-electron chi connectivity index (χ3n) is 7.54. The average molecular weight is 571 g/mol. The van der Waals surface area contributed by atoms with E-state index < -0.39 is 79.3 Å². The molecule has 13 heteroatoms. The van der Waals surface area contributed by atoms with Crippen LogP contribution in [-0.4, -0.2) is 36.8 Å². The van der Waals surface area contributed by atoms with Crippen LogP contribution in [0.2, 0.25) is 5.02 Å². The van der Waals surface area contributed by atoms with Gasteiger partial charge in [-0.25, -0.2) is 8.42 Å². The number of halogens is 4. The Balaban J connectivity index is 1.77. The van der Waals surface area contributed by atoms with E-state index >= 15 is 0 Å². The van der Waals surface area contributed by atoms with E-state index in [-0.39, 0.29) is 13.0 Å². The van der Waals surface area contributed by atoms with Crippen molar-refractivity contribution in [3.63, 3.8) is 0 Å². The number of carbonyl (C=O) groups excluding carboxylic acids is 1. The van der Waals surface area contributed by atoms with Crippen molar-refractivity contribution in [1.29, 1.82) is 5.26 Å². The number of benzene rings is 2. The summed E-state index contributed by atoms with van der Waals surface area (Å²) in [5, 5.41) is 18.9. The van der Waals surface area contributed by atoms with Crippen LogP contribution in [0.3, 0.4) is 0 Å². The molecule has 2 fully saturated rings. The van der Waals surface area contributed by atoms with Gasteiger partial charge in [0.15, 0.2) is 9.84 Å². The van der Waals surface area contributed by atoms with Gasteiger partial charge in [-0.2, -0.15) is 18.4 Å². The summed E-state index contributed by atoms with van der Waals surface area (Å²) in [4.78, 5) is 23.9. The fraction of sp³-hybridized carbons (Fsp3) is 0.400. The number of hydrogen-bond acceptors (Lipinski definition) is 6. The average Bonchev–Trinajstić information content (AvgIpc) is 3.49. The van der Waals surface area contributed by atoms with Gasteiger partial charge in [0, 0.05) is 10.9 Å². The summed E-state index contributed by atoms with van der Waals surface area (Å²) >= 11 is 5.89. The van der Waals surface area contributed by atoms with Crippen molar-refractivity contribution >= 4 is 33.3 Å². The van der Waals surface area contributed by atoms with Crippen molar-refractivity contribution in [2.24, 2.45) is 22.5 Å². The number of nitrogens with two attached hydrogens (primary N) is 1. The molecule has 0 spiro atoms. The minimum absolute atomic E-state index is 0.175. The maximum absolute atomic E-state index is 13.7. The standard InChI is InChI=1S/C25H22ClF3N2O6S/c26-15-7-5-14(6-8-15)12-37-20-9-16(38(35,36)18-4-2-1-3-17(18)25(27,28)29)10-24(20,22(33)34)19-11-23(19,13-30)21(31)32/h1-8,16,19-20H,9-12H2,(H2,31,32)(H,33,34)/t16-,19?,20+,23?,24+/m1/s1. The second kappa shape index (κ2) is 9.55. The van der Waals surface area contributed by atoms with E-state index in [9.17, 15) is 41.5 Å². The van der Waals surface area contributed by atoms with Crippen LogP contribution in [0.5, 0.6) is 0 Å². The Morgan fingerprint density at radius 3 is 2.32 bits per heavy atom. The molecule has 0 aromatic heterocycles. The van der Waals surface area contributed by atoms with Crippen molar-refractivity contribution in [1.82, 2.24) is 0 Å². The van der Waals surface area contributed by atoms with E-state index in [0.29, 0.717) is 16.7 Å². The van der Waals surface area contributed by atoms with Crippen LogP contribution >= 0.6 is 11.6 Å². The highest BCUT2D eigenvalue weighted by atomic mass is 35.5. The quantitative estimate of drug-likeness (QED) is 0.488. The summed E-state index contributed by atoms with van der Waals surface area (Å²) < 4.78 is 74.0. The van der Waals surface area contributed by atoms with Gasteiger partial charge in [0.25, 0.3) is 0 Å². The van der Waals surface area contributed by atoms with Crippen molar-refractivity contribution in [2.75, 3.05) is 0 Å². The number of alkyl halides is 3. The molecule has 2 saturated carbocycles. The molecule has 2 aromatic carbocycles. The molecule has 0 bridgehead atoms. The van der Waals surface area contributed by atoms with E-state index in [2.05, 4.69) is 0 Å². The number of hydrogen-bond donors (Lipinski definition) is 2. The van der Waals surface area contributed by atoms with Crippen LogP contribution < -0.4 is 5.73 Å². The van der Waals surface area contributed by atoms with E-state index in [0.717, 1.165) is 18.2 Å². The van der Waals surface area contributed by atoms with Gasteiger partial charge in [0.05, 0.1) is 34.5 Å². The van der Waals surface area contributed by atoms with Crippen LogP contribution in [0, 0.1) is 28.1 Å². The first-order valence-electron chi connectivity index (χ1n) is 11.4. The summed E-state index contributed by atoms with van der Waals surface area (Å²) in [5.41, 5.74) is 0.683. The molecule has 2 aliphatic rings. The summed E-state index contributed by atoms with van der Waals surface area (Å²) in [6.07, 6.45) is -7.70. The fourth-order valence-electron chi connectivity index (χ4n) is 5.48. The van der Waals surface area contributed by atoms with Gasteiger partial charge in [-0.1, -0.05) is 35.9 Å². The molecule has 4 rings (SSSR count). The molecule has 0 aliphatic heterocycles. The number of amides is 1. The number of primary amides is 1. The number of carboxylic acids is 1. The van der Waals surface area contributed by atoms with Gasteiger partial charge < -0.3 is 15.6 Å². The normalized spacial score (nSPS) is 29.0. The molecule has 202 valence electrons. The molecule has 2 aromatic rings. The monoisotopic (exact) mass is 570 g/mol. The van der Waals surface area contributed by atoms with Gasteiger partial charge in [0.1, 0.15) is 10.8 Å². The van der Waals surface area contributed by atoms with Crippen molar-refractivity contribution in [2.45, 2.75) is 48.3 Å². The van der Waals surface area contributed by atoms with E-state index in [1.807, 2.05) is 0 Å². The molecule has 0 radical (unpaired) electrons. The Morgan fingerprint density at radius 2 is 1.79 bits per heavy atom. The van der Waals surface area contributed by atoms with E-state index in [4.69, 9.17) is 22.1 Å². The third kappa shape index (κ3) is 4.52. The van der Waals surface area contributed by atoms with E-state index in [1.165, 1.54) is 0 Å². The Kier molecular flexibility index (Phi) is 7.01. The van der Waals surface area contributed by atoms with Crippen molar-refractivity contribution in [3.05, 3.63) is 64.7 Å². The zero-order chi connectivity index (χ0) is 28.1. The molecule has 8 nitrogen and oxygen atoms in total. The lowest BCUT2D eigenvalue weighted by molar-refractivity contribution is -0.161. The van der Waals surface area contributed by atoms with Crippen LogP contribution in [0.4, 0.5) is 13.2 Å². The number of carbonyl (C=O) groups is 2. The molecule has 0 heterocycles. The summed E-state index contributed by atoms with van der Waals surface area (Å²) in [7, 11) is -4.73. The first-order chi connectivity index (χ1) is 17.7. The van der Waals surface area contributed by atoms with E-state index in [1.54, 1.807) is 30.3 Å². The molecule has 0 saturated heterocycles. The maximum Gasteiger partial charge on any atom is 0.417 e. The first kappa shape index (κ1) is 27.9. The Morgan fingerprint density at radius 1 is 1.16 bits per heavy atom. The van der Waals surface area contributed by atoms with Crippen LogP contribution in [0.1, 0.15) is 30.4 Å². The second-order valence-electron chi connectivity index (χ2n) is 9.58. The lowest BCUT2D eigenvalue weighted by atomic mass is 9.75. The number of rotatable bonds is 8. The second-order valence-corrected chi connectivity index (χ2v) is 12.2. The fourth-order valence-corrected chi connectivity index (χ4v) is 7.64. The van der Waals surface area contributed by atoms with Gasteiger partial charge in [-0.15, -0.1) is 0 Å². The maximum atomic E-state index is 13.7. The Labute approximate surface area is 221 Å². The molecule has 3 N–H and O–H groups in total. The largest absolute Gasteiger partial charge is 0.481 e. The molecular weight excluding hydrogens is 549 g/mol. The lowest BCUT2D eigenvalue weighted by Crippen LogP contribution is -2.45. The highest BCUT2D eigenvalue weighted by molar-refractivity contribution is 7.92.